The number of anilines is 1. The molecule has 100 valence electrons. The van der Waals surface area contributed by atoms with Crippen molar-refractivity contribution in [3.63, 3.8) is 0 Å². The molecule has 19 heavy (non-hydrogen) atoms. The molecule has 2 aromatic heterocycles. The van der Waals surface area contributed by atoms with Crippen LogP contribution in [0.4, 0.5) is 5.95 Å². The quantitative estimate of drug-likeness (QED) is 0.826. The molecule has 1 aliphatic rings. The van der Waals surface area contributed by atoms with Gasteiger partial charge < -0.3 is 9.47 Å². The second kappa shape index (κ2) is 5.40. The first-order valence-corrected chi connectivity index (χ1v) is 6.66. The minimum atomic E-state index is 1.01. The molecule has 0 N–H and O–H groups in total. The van der Waals surface area contributed by atoms with Gasteiger partial charge in [-0.25, -0.2) is 4.98 Å². The lowest BCUT2D eigenvalue weighted by molar-refractivity contribution is 0.248. The summed E-state index contributed by atoms with van der Waals surface area (Å²) in [7, 11) is 2.05. The van der Waals surface area contributed by atoms with Crippen molar-refractivity contribution in [3.05, 3.63) is 42.5 Å². The Labute approximate surface area is 113 Å². The molecule has 1 aliphatic heterocycles. The third-order valence-electron chi connectivity index (χ3n) is 3.61. The normalized spacial score (nSPS) is 16.8. The summed E-state index contributed by atoms with van der Waals surface area (Å²) >= 11 is 0. The summed E-state index contributed by atoms with van der Waals surface area (Å²) in [4.78, 5) is 13.3. The molecule has 0 unspecified atom stereocenters. The number of hydrogen-bond acceptors (Lipinski definition) is 4. The Hall–Kier alpha value is -1.88. The summed E-state index contributed by atoms with van der Waals surface area (Å²) in [5, 5.41) is 0. The van der Waals surface area contributed by atoms with Crippen molar-refractivity contribution in [2.24, 2.45) is 7.05 Å². The predicted molar refractivity (Wildman–Crippen MR) is 74.9 cm³/mol. The Kier molecular flexibility index (Phi) is 3.46. The highest BCUT2D eigenvalue weighted by Crippen LogP contribution is 2.14. The molecule has 0 aromatic carbocycles. The van der Waals surface area contributed by atoms with E-state index in [1.165, 1.54) is 5.56 Å². The van der Waals surface area contributed by atoms with Crippen molar-refractivity contribution < 1.29 is 0 Å². The van der Waals surface area contributed by atoms with Crippen LogP contribution in [-0.2, 0) is 13.6 Å². The number of piperazine rings is 1. The van der Waals surface area contributed by atoms with Gasteiger partial charge in [0.1, 0.15) is 0 Å². The summed E-state index contributed by atoms with van der Waals surface area (Å²) < 4.78 is 2.08. The molecule has 3 heterocycles. The summed E-state index contributed by atoms with van der Waals surface area (Å²) in [5.41, 5.74) is 1.33. The molecule has 0 atom stereocenters. The van der Waals surface area contributed by atoms with Crippen LogP contribution in [0.15, 0.2) is 36.9 Å². The highest BCUT2D eigenvalue weighted by atomic mass is 15.3. The first-order valence-electron chi connectivity index (χ1n) is 6.66. The first-order chi connectivity index (χ1) is 9.33. The maximum absolute atomic E-state index is 4.41. The van der Waals surface area contributed by atoms with Crippen LogP contribution in [0.1, 0.15) is 5.56 Å². The zero-order valence-electron chi connectivity index (χ0n) is 11.2. The van der Waals surface area contributed by atoms with Gasteiger partial charge in [-0.15, -0.1) is 0 Å². The van der Waals surface area contributed by atoms with E-state index in [0.717, 1.165) is 38.7 Å². The second-order valence-corrected chi connectivity index (χ2v) is 4.96. The van der Waals surface area contributed by atoms with Crippen LogP contribution in [0.2, 0.25) is 0 Å². The second-order valence-electron chi connectivity index (χ2n) is 4.96. The molecule has 0 aliphatic carbocycles. The topological polar surface area (TPSA) is 37.2 Å². The lowest BCUT2D eigenvalue weighted by Crippen LogP contribution is -2.46. The summed E-state index contributed by atoms with van der Waals surface area (Å²) in [5.74, 6) is 1.07. The maximum atomic E-state index is 4.41. The third-order valence-corrected chi connectivity index (χ3v) is 3.61. The Morgan fingerprint density at radius 1 is 1.05 bits per heavy atom. The fourth-order valence-corrected chi connectivity index (χ4v) is 2.51. The minimum Gasteiger partial charge on any atom is -0.340 e. The van der Waals surface area contributed by atoms with Crippen LogP contribution >= 0.6 is 0 Å². The Morgan fingerprint density at radius 3 is 2.42 bits per heavy atom. The molecule has 1 fully saturated rings. The molecule has 3 rings (SSSR count). The smallest absolute Gasteiger partial charge is 0.205 e. The predicted octanol–water partition coefficient (Wildman–Crippen LogP) is 1.14. The summed E-state index contributed by atoms with van der Waals surface area (Å²) in [6, 6.07) is 4.18. The standard InChI is InChI=1S/C14H19N5/c1-17-7-6-16-14(17)19-10-8-18(9-11-19)12-13-2-4-15-5-3-13/h2-7H,8-12H2,1H3. The molecule has 0 spiro atoms. The molecular weight excluding hydrogens is 238 g/mol. The van der Waals surface area contributed by atoms with E-state index in [1.807, 2.05) is 31.8 Å². The van der Waals surface area contributed by atoms with E-state index in [0.29, 0.717) is 0 Å². The number of imidazole rings is 1. The summed E-state index contributed by atoms with van der Waals surface area (Å²) in [6.45, 7) is 5.24. The monoisotopic (exact) mass is 257 g/mol. The molecule has 0 saturated carbocycles. The van der Waals surface area contributed by atoms with Gasteiger partial charge in [0.15, 0.2) is 0 Å². The zero-order chi connectivity index (χ0) is 13.1. The average Bonchev–Trinajstić information content (AvgIpc) is 2.87. The van der Waals surface area contributed by atoms with Gasteiger partial charge in [0, 0.05) is 64.6 Å². The van der Waals surface area contributed by atoms with Crippen LogP contribution < -0.4 is 4.90 Å². The van der Waals surface area contributed by atoms with Crippen LogP contribution in [0.25, 0.3) is 0 Å². The number of aromatic nitrogens is 3. The largest absolute Gasteiger partial charge is 0.340 e. The van der Waals surface area contributed by atoms with Gasteiger partial charge in [0.05, 0.1) is 0 Å². The lowest BCUT2D eigenvalue weighted by Gasteiger charge is -2.35. The fourth-order valence-electron chi connectivity index (χ4n) is 2.51. The van der Waals surface area contributed by atoms with Crippen LogP contribution in [0.5, 0.6) is 0 Å². The third kappa shape index (κ3) is 2.76. The number of nitrogens with zero attached hydrogens (tertiary/aromatic N) is 5. The van der Waals surface area contributed by atoms with E-state index < -0.39 is 0 Å². The maximum Gasteiger partial charge on any atom is 0.205 e. The van der Waals surface area contributed by atoms with E-state index in [4.69, 9.17) is 0 Å². The molecule has 5 nitrogen and oxygen atoms in total. The van der Waals surface area contributed by atoms with E-state index in [-0.39, 0.29) is 0 Å². The Bertz CT molecular complexity index is 514. The highest BCUT2D eigenvalue weighted by molar-refractivity contribution is 5.31. The van der Waals surface area contributed by atoms with Gasteiger partial charge in [-0.2, -0.15) is 0 Å². The van der Waals surface area contributed by atoms with Crippen molar-refractivity contribution in [2.45, 2.75) is 6.54 Å². The van der Waals surface area contributed by atoms with E-state index in [2.05, 4.69) is 36.5 Å². The molecular formula is C14H19N5. The van der Waals surface area contributed by atoms with E-state index in [1.54, 1.807) is 0 Å². The van der Waals surface area contributed by atoms with E-state index >= 15 is 0 Å². The van der Waals surface area contributed by atoms with Crippen molar-refractivity contribution in [1.29, 1.82) is 0 Å². The number of rotatable bonds is 3. The minimum absolute atomic E-state index is 1.01. The molecule has 5 heteroatoms. The van der Waals surface area contributed by atoms with Crippen LogP contribution in [-0.4, -0.2) is 45.6 Å². The number of pyridine rings is 1. The lowest BCUT2D eigenvalue weighted by atomic mass is 10.2. The first kappa shape index (κ1) is 12.2. The van der Waals surface area contributed by atoms with Gasteiger partial charge in [0.25, 0.3) is 0 Å². The Balaban J connectivity index is 1.57. The van der Waals surface area contributed by atoms with Gasteiger partial charge in [-0.05, 0) is 17.7 Å². The molecule has 0 radical (unpaired) electrons. The molecule has 0 bridgehead atoms. The van der Waals surface area contributed by atoms with Gasteiger partial charge >= 0.3 is 0 Å². The summed E-state index contributed by atoms with van der Waals surface area (Å²) in [6.07, 6.45) is 7.58. The van der Waals surface area contributed by atoms with Gasteiger partial charge in [-0.3, -0.25) is 9.88 Å². The fraction of sp³-hybridized carbons (Fsp3) is 0.429. The zero-order valence-corrected chi connectivity index (χ0v) is 11.2. The SMILES string of the molecule is Cn1ccnc1N1CCN(Cc2ccncc2)CC1. The number of hydrogen-bond donors (Lipinski definition) is 0. The van der Waals surface area contributed by atoms with E-state index in [9.17, 15) is 0 Å². The molecule has 1 saturated heterocycles. The number of aryl methyl sites for hydroxylation is 1. The van der Waals surface area contributed by atoms with Crippen LogP contribution in [0.3, 0.4) is 0 Å². The highest BCUT2D eigenvalue weighted by Gasteiger charge is 2.19. The van der Waals surface area contributed by atoms with Crippen molar-refractivity contribution in [2.75, 3.05) is 31.1 Å². The van der Waals surface area contributed by atoms with Gasteiger partial charge in [0.2, 0.25) is 5.95 Å². The molecule has 2 aromatic rings. The van der Waals surface area contributed by atoms with Crippen molar-refractivity contribution >= 4 is 5.95 Å². The van der Waals surface area contributed by atoms with Crippen molar-refractivity contribution in [1.82, 2.24) is 19.4 Å². The van der Waals surface area contributed by atoms with Crippen molar-refractivity contribution in [3.8, 4) is 0 Å². The average molecular weight is 257 g/mol. The Morgan fingerprint density at radius 2 is 1.79 bits per heavy atom. The van der Waals surface area contributed by atoms with Crippen LogP contribution in [0, 0.1) is 0 Å². The van der Waals surface area contributed by atoms with Gasteiger partial charge in [-0.1, -0.05) is 0 Å². The molecule has 0 amide bonds.